The van der Waals surface area contributed by atoms with E-state index in [0.717, 1.165) is 0 Å². The molecule has 2 aliphatic rings. The van der Waals surface area contributed by atoms with Crippen molar-refractivity contribution in [1.82, 2.24) is 0 Å². The van der Waals surface area contributed by atoms with Gasteiger partial charge in [-0.15, -0.1) is 0 Å². The van der Waals surface area contributed by atoms with E-state index in [4.69, 9.17) is 37.4 Å². The van der Waals surface area contributed by atoms with Crippen molar-refractivity contribution in [2.24, 2.45) is 0 Å². The van der Waals surface area contributed by atoms with Crippen molar-refractivity contribution in [2.75, 3.05) is 24.5 Å². The summed E-state index contributed by atoms with van der Waals surface area (Å²) >= 11 is 11.9. The molecule has 1 aromatic rings. The number of hydrogen-bond acceptors (Lipinski definition) is 6. The van der Waals surface area contributed by atoms with Crippen molar-refractivity contribution in [3.63, 3.8) is 0 Å². The smallest absolute Gasteiger partial charge is 0.335 e. The molecule has 1 atom stereocenters. The summed E-state index contributed by atoms with van der Waals surface area (Å²) in [5, 5.41) is -0.589. The van der Waals surface area contributed by atoms with Crippen LogP contribution in [0.5, 0.6) is 0 Å². The molecule has 1 unspecified atom stereocenters. The second-order valence-electron chi connectivity index (χ2n) is 6.13. The predicted octanol–water partition coefficient (Wildman–Crippen LogP) is 3.13. The number of hydrogen-bond donors (Lipinski definition) is 1. The molecule has 1 spiro atoms. The first-order valence-corrected chi connectivity index (χ1v) is 10.7. The van der Waals surface area contributed by atoms with Crippen LogP contribution in [-0.2, 0) is 29.0 Å². The molecule has 1 aliphatic carbocycles. The van der Waals surface area contributed by atoms with E-state index < -0.39 is 27.0 Å². The van der Waals surface area contributed by atoms with Gasteiger partial charge in [-0.1, -0.05) is 23.2 Å². The summed E-state index contributed by atoms with van der Waals surface area (Å²) in [4.78, 5) is 12.4. The monoisotopic (exact) mass is 435 g/mol. The quantitative estimate of drug-likeness (QED) is 0.714. The Morgan fingerprint density at radius 2 is 2.04 bits per heavy atom. The van der Waals surface area contributed by atoms with Crippen LogP contribution in [0, 0.1) is 0 Å². The van der Waals surface area contributed by atoms with Gasteiger partial charge in [-0.3, -0.25) is 4.72 Å². The Bertz CT molecular complexity index is 864. The topological polar surface area (TPSA) is 90.9 Å². The van der Waals surface area contributed by atoms with E-state index >= 15 is 0 Å². The lowest BCUT2D eigenvalue weighted by atomic mass is 9.94. The average molecular weight is 436 g/mol. The fourth-order valence-corrected chi connectivity index (χ4v) is 5.18. The maximum atomic E-state index is 13.0. The molecule has 1 fully saturated rings. The molecule has 27 heavy (non-hydrogen) atoms. The largest absolute Gasteiger partial charge is 0.463 e. The summed E-state index contributed by atoms with van der Waals surface area (Å²) in [5.74, 6) is -1.79. The van der Waals surface area contributed by atoms with Gasteiger partial charge in [-0.05, 0) is 37.6 Å². The van der Waals surface area contributed by atoms with Crippen molar-refractivity contribution in [3.05, 3.63) is 39.9 Å². The Balaban J connectivity index is 1.93. The number of rotatable bonds is 5. The van der Waals surface area contributed by atoms with Crippen molar-refractivity contribution in [3.8, 4) is 0 Å². The average Bonchev–Trinajstić information content (AvgIpc) is 3.05. The molecule has 0 bridgehead atoms. The lowest BCUT2D eigenvalue weighted by Crippen LogP contribution is -2.42. The minimum atomic E-state index is -3.99. The van der Waals surface area contributed by atoms with Gasteiger partial charge >= 0.3 is 5.97 Å². The SMILES string of the molecule is CCOC(=O)C1=CC2(CCC1S(=O)(=O)Nc1ccc(Cl)cc1Cl)OCCO2. The predicted molar refractivity (Wildman–Crippen MR) is 101 cm³/mol. The fourth-order valence-electron chi connectivity index (χ4n) is 3.11. The highest BCUT2D eigenvalue weighted by Crippen LogP contribution is 2.38. The van der Waals surface area contributed by atoms with Gasteiger partial charge in [0.15, 0.2) is 5.79 Å². The molecule has 148 valence electrons. The fraction of sp³-hybridized carbons (Fsp3) is 0.471. The molecule has 0 saturated carbocycles. The number of carbonyl (C=O) groups excluding carboxylic acids is 1. The second kappa shape index (κ2) is 7.97. The van der Waals surface area contributed by atoms with Crippen molar-refractivity contribution >= 4 is 44.9 Å². The summed E-state index contributed by atoms with van der Waals surface area (Å²) in [6.45, 7) is 2.52. The molecule has 0 radical (unpaired) electrons. The zero-order chi connectivity index (χ0) is 19.7. The second-order valence-corrected chi connectivity index (χ2v) is 8.83. The Labute approximate surface area is 167 Å². The first kappa shape index (κ1) is 20.4. The molecule has 1 aromatic carbocycles. The molecular weight excluding hydrogens is 417 g/mol. The van der Waals surface area contributed by atoms with Crippen LogP contribution in [0.1, 0.15) is 19.8 Å². The van der Waals surface area contributed by atoms with Gasteiger partial charge in [0.1, 0.15) is 5.25 Å². The van der Waals surface area contributed by atoms with Crippen LogP contribution in [0.3, 0.4) is 0 Å². The summed E-state index contributed by atoms with van der Waals surface area (Å²) in [6, 6.07) is 4.41. The van der Waals surface area contributed by atoms with Crippen molar-refractivity contribution in [1.29, 1.82) is 0 Å². The molecule has 1 heterocycles. The normalized spacial score (nSPS) is 21.7. The lowest BCUT2D eigenvalue weighted by Gasteiger charge is -2.33. The Morgan fingerprint density at radius 1 is 1.33 bits per heavy atom. The molecule has 1 saturated heterocycles. The van der Waals surface area contributed by atoms with Gasteiger partial charge in [0, 0.05) is 11.4 Å². The zero-order valence-corrected chi connectivity index (χ0v) is 16.9. The van der Waals surface area contributed by atoms with E-state index in [9.17, 15) is 13.2 Å². The molecule has 3 rings (SSSR count). The first-order valence-electron chi connectivity index (χ1n) is 8.41. The maximum Gasteiger partial charge on any atom is 0.335 e. The molecule has 1 N–H and O–H groups in total. The van der Waals surface area contributed by atoms with E-state index in [-0.39, 0.29) is 29.3 Å². The van der Waals surface area contributed by atoms with E-state index in [0.29, 0.717) is 24.7 Å². The molecule has 7 nitrogen and oxygen atoms in total. The van der Waals surface area contributed by atoms with E-state index in [1.165, 1.54) is 24.3 Å². The van der Waals surface area contributed by atoms with Gasteiger partial charge in [0.25, 0.3) is 0 Å². The number of halogens is 2. The highest BCUT2D eigenvalue weighted by atomic mass is 35.5. The zero-order valence-electron chi connectivity index (χ0n) is 14.5. The highest BCUT2D eigenvalue weighted by molar-refractivity contribution is 7.93. The van der Waals surface area contributed by atoms with Gasteiger partial charge < -0.3 is 14.2 Å². The number of nitrogens with one attached hydrogen (secondary N) is 1. The van der Waals surface area contributed by atoms with Crippen LogP contribution in [0.25, 0.3) is 0 Å². The Kier molecular flexibility index (Phi) is 6.02. The van der Waals surface area contributed by atoms with Crippen LogP contribution in [0.2, 0.25) is 10.0 Å². The number of benzene rings is 1. The van der Waals surface area contributed by atoms with Crippen LogP contribution >= 0.6 is 23.2 Å². The summed E-state index contributed by atoms with van der Waals surface area (Å²) < 4.78 is 44.6. The van der Waals surface area contributed by atoms with Crippen LogP contribution in [0.4, 0.5) is 5.69 Å². The summed E-state index contributed by atoms with van der Waals surface area (Å²) in [7, 11) is -3.99. The molecule has 0 amide bonds. The van der Waals surface area contributed by atoms with Gasteiger partial charge in [-0.25, -0.2) is 13.2 Å². The van der Waals surface area contributed by atoms with Crippen LogP contribution in [-0.4, -0.2) is 45.2 Å². The lowest BCUT2D eigenvalue weighted by molar-refractivity contribution is -0.143. The van der Waals surface area contributed by atoms with Gasteiger partial charge in [0.05, 0.1) is 36.1 Å². The van der Waals surface area contributed by atoms with Crippen LogP contribution in [0.15, 0.2) is 29.8 Å². The number of anilines is 1. The molecule has 0 aromatic heterocycles. The Hall–Kier alpha value is -1.32. The molecule has 1 aliphatic heterocycles. The van der Waals surface area contributed by atoms with Crippen molar-refractivity contribution in [2.45, 2.75) is 30.8 Å². The third kappa shape index (κ3) is 4.41. The van der Waals surface area contributed by atoms with E-state index in [2.05, 4.69) is 4.72 Å². The molecular formula is C17H19Cl2NO6S. The highest BCUT2D eigenvalue weighted by Gasteiger charge is 2.46. The van der Waals surface area contributed by atoms with Crippen molar-refractivity contribution < 1.29 is 27.4 Å². The van der Waals surface area contributed by atoms with Gasteiger partial charge in [0.2, 0.25) is 10.0 Å². The third-order valence-electron chi connectivity index (χ3n) is 4.32. The van der Waals surface area contributed by atoms with E-state index in [1.807, 2.05) is 0 Å². The van der Waals surface area contributed by atoms with E-state index in [1.54, 1.807) is 6.92 Å². The maximum absolute atomic E-state index is 13.0. The minimum Gasteiger partial charge on any atom is -0.463 e. The number of ether oxygens (including phenoxy) is 3. The standard InChI is InChI=1S/C17H19Cl2NO6S/c1-2-24-16(21)12-10-17(25-7-8-26-17)6-5-15(12)27(22,23)20-14-4-3-11(18)9-13(14)19/h3-4,9-10,15,20H,2,5-8H2,1H3. The number of esters is 1. The minimum absolute atomic E-state index is 0.0115. The Morgan fingerprint density at radius 3 is 2.67 bits per heavy atom. The third-order valence-corrected chi connectivity index (χ3v) is 6.61. The molecule has 10 heteroatoms. The summed E-state index contributed by atoms with van der Waals surface area (Å²) in [5.41, 5.74) is 0.167. The summed E-state index contributed by atoms with van der Waals surface area (Å²) in [6.07, 6.45) is 1.86. The number of sulfonamides is 1. The number of carbonyl (C=O) groups is 1. The van der Waals surface area contributed by atoms with Crippen LogP contribution < -0.4 is 4.72 Å². The van der Waals surface area contributed by atoms with Gasteiger partial charge in [-0.2, -0.15) is 0 Å². The first-order chi connectivity index (χ1) is 12.8.